The zero-order valence-corrected chi connectivity index (χ0v) is 10.5. The average Bonchev–Trinajstić information content (AvgIpc) is 1.80. The Morgan fingerprint density at radius 2 is 1.73 bits per heavy atom. The zero-order chi connectivity index (χ0) is 9.07. The summed E-state index contributed by atoms with van der Waals surface area (Å²) in [6.45, 7) is 12.6. The fourth-order valence-electron chi connectivity index (χ4n) is 0.972. The molecule has 68 valence electrons. The molecular formula is C9H20IN. The van der Waals surface area contributed by atoms with E-state index in [4.69, 9.17) is 0 Å². The fraction of sp³-hybridized carbons (Fsp3) is 1.00. The highest BCUT2D eigenvalue weighted by Crippen LogP contribution is 2.17. The van der Waals surface area contributed by atoms with Crippen molar-refractivity contribution in [2.24, 2.45) is 5.41 Å². The fourth-order valence-corrected chi connectivity index (χ4v) is 2.00. The van der Waals surface area contributed by atoms with Crippen LogP contribution in [0.25, 0.3) is 0 Å². The van der Waals surface area contributed by atoms with Crippen molar-refractivity contribution in [2.75, 3.05) is 11.1 Å². The molecule has 0 rings (SSSR count). The third-order valence-corrected chi connectivity index (χ3v) is 2.44. The number of rotatable bonds is 3. The predicted molar refractivity (Wildman–Crippen MR) is 60.2 cm³/mol. The largest absolute Gasteiger partial charge is 0.291 e. The normalized spacial score (nSPS) is 13.1. The van der Waals surface area contributed by atoms with Crippen LogP contribution in [-0.4, -0.2) is 22.0 Å². The molecule has 0 fully saturated rings. The second-order valence-electron chi connectivity index (χ2n) is 4.52. The minimum Gasteiger partial charge on any atom is -0.291 e. The minimum atomic E-state index is 0.426. The molecular weight excluding hydrogens is 249 g/mol. The van der Waals surface area contributed by atoms with Crippen LogP contribution in [0, 0.1) is 5.41 Å². The molecule has 0 aliphatic rings. The molecule has 0 unspecified atom stereocenters. The molecule has 0 heterocycles. The van der Waals surface area contributed by atoms with E-state index in [-0.39, 0.29) is 0 Å². The van der Waals surface area contributed by atoms with Gasteiger partial charge in [0.1, 0.15) is 0 Å². The summed E-state index contributed by atoms with van der Waals surface area (Å²) in [4.78, 5) is 2.49. The second kappa shape index (κ2) is 4.65. The topological polar surface area (TPSA) is 3.24 Å². The van der Waals surface area contributed by atoms with Gasteiger partial charge in [0.05, 0.1) is 4.55 Å². The average molecular weight is 269 g/mol. The van der Waals surface area contributed by atoms with Gasteiger partial charge in [-0.05, 0) is 19.3 Å². The van der Waals surface area contributed by atoms with Gasteiger partial charge in [0, 0.05) is 12.6 Å². The van der Waals surface area contributed by atoms with Crippen molar-refractivity contribution in [1.82, 2.24) is 4.90 Å². The maximum Gasteiger partial charge on any atom is 0.0508 e. The van der Waals surface area contributed by atoms with Gasteiger partial charge < -0.3 is 0 Å². The summed E-state index contributed by atoms with van der Waals surface area (Å²) in [5, 5.41) is 0. The van der Waals surface area contributed by atoms with E-state index < -0.39 is 0 Å². The van der Waals surface area contributed by atoms with Gasteiger partial charge in [-0.3, -0.25) is 4.90 Å². The summed E-state index contributed by atoms with van der Waals surface area (Å²) in [7, 11) is 0. The van der Waals surface area contributed by atoms with E-state index in [2.05, 4.69) is 62.1 Å². The maximum atomic E-state index is 2.49. The molecule has 0 N–H and O–H groups in total. The van der Waals surface area contributed by atoms with Gasteiger partial charge in [-0.25, -0.2) is 0 Å². The van der Waals surface area contributed by atoms with Crippen molar-refractivity contribution in [3.8, 4) is 0 Å². The number of halogens is 1. The first-order chi connectivity index (χ1) is 4.87. The number of alkyl halides is 1. The molecule has 0 aliphatic carbocycles. The molecule has 0 aromatic carbocycles. The Bertz CT molecular complexity index is 105. The second-order valence-corrected chi connectivity index (χ2v) is 5.20. The lowest BCUT2D eigenvalue weighted by atomic mass is 9.96. The monoisotopic (exact) mass is 269 g/mol. The molecule has 0 radical (unpaired) electrons. The summed E-state index contributed by atoms with van der Waals surface area (Å²) in [5.74, 6) is 0. The van der Waals surface area contributed by atoms with Crippen LogP contribution in [0.4, 0.5) is 0 Å². The van der Waals surface area contributed by atoms with Gasteiger partial charge in [-0.15, -0.1) is 0 Å². The van der Waals surface area contributed by atoms with Crippen molar-refractivity contribution in [3.05, 3.63) is 0 Å². The lowest BCUT2D eigenvalue weighted by molar-refractivity contribution is 0.187. The molecule has 0 aromatic rings. The van der Waals surface area contributed by atoms with E-state index in [1.54, 1.807) is 0 Å². The molecule has 0 spiro atoms. The Hall–Kier alpha value is 0.690. The number of hydrogen-bond donors (Lipinski definition) is 0. The van der Waals surface area contributed by atoms with Gasteiger partial charge in [0.25, 0.3) is 0 Å². The first-order valence-corrected chi connectivity index (χ1v) is 5.69. The van der Waals surface area contributed by atoms with Gasteiger partial charge >= 0.3 is 0 Å². The Labute approximate surface area is 84.7 Å². The quantitative estimate of drug-likeness (QED) is 0.432. The maximum absolute atomic E-state index is 2.49. The van der Waals surface area contributed by atoms with Crippen LogP contribution >= 0.6 is 22.6 Å². The lowest BCUT2D eigenvalue weighted by Gasteiger charge is -2.31. The Morgan fingerprint density at radius 1 is 1.27 bits per heavy atom. The first kappa shape index (κ1) is 11.7. The summed E-state index contributed by atoms with van der Waals surface area (Å²) >= 11 is 2.43. The first-order valence-electron chi connectivity index (χ1n) is 4.17. The SMILES string of the molecule is CC(C)N(CI)CC(C)(C)C. The van der Waals surface area contributed by atoms with E-state index in [1.165, 1.54) is 6.54 Å². The van der Waals surface area contributed by atoms with Gasteiger partial charge in [0.15, 0.2) is 0 Å². The van der Waals surface area contributed by atoms with Crippen molar-refractivity contribution in [1.29, 1.82) is 0 Å². The van der Waals surface area contributed by atoms with Crippen molar-refractivity contribution >= 4 is 22.6 Å². The van der Waals surface area contributed by atoms with Crippen LogP contribution < -0.4 is 0 Å². The molecule has 2 heteroatoms. The molecule has 0 bridgehead atoms. The molecule has 0 aromatic heterocycles. The van der Waals surface area contributed by atoms with Crippen LogP contribution in [0.5, 0.6) is 0 Å². The number of hydrogen-bond acceptors (Lipinski definition) is 1. The third kappa shape index (κ3) is 5.91. The smallest absolute Gasteiger partial charge is 0.0508 e. The van der Waals surface area contributed by atoms with Gasteiger partial charge in [0.2, 0.25) is 0 Å². The molecule has 0 saturated carbocycles. The third-order valence-electron chi connectivity index (χ3n) is 1.56. The molecule has 11 heavy (non-hydrogen) atoms. The molecule has 0 atom stereocenters. The number of nitrogens with zero attached hydrogens (tertiary/aromatic N) is 1. The predicted octanol–water partition coefficient (Wildman–Crippen LogP) is 3.14. The lowest BCUT2D eigenvalue weighted by Crippen LogP contribution is -2.36. The van der Waals surface area contributed by atoms with Crippen molar-refractivity contribution in [2.45, 2.75) is 40.7 Å². The minimum absolute atomic E-state index is 0.426. The molecule has 0 aliphatic heterocycles. The van der Waals surface area contributed by atoms with Crippen molar-refractivity contribution < 1.29 is 0 Å². The Kier molecular flexibility index (Phi) is 4.94. The highest BCUT2D eigenvalue weighted by molar-refractivity contribution is 14.1. The van der Waals surface area contributed by atoms with Crippen LogP contribution in [0.2, 0.25) is 0 Å². The van der Waals surface area contributed by atoms with Crippen LogP contribution in [0.15, 0.2) is 0 Å². The van der Waals surface area contributed by atoms with E-state index in [9.17, 15) is 0 Å². The standard InChI is InChI=1S/C9H20IN/c1-8(2)11(7-10)6-9(3,4)5/h8H,6-7H2,1-5H3. The summed E-state index contributed by atoms with van der Waals surface area (Å²) < 4.78 is 1.13. The van der Waals surface area contributed by atoms with E-state index in [0.717, 1.165) is 4.55 Å². The van der Waals surface area contributed by atoms with Crippen LogP contribution in [0.3, 0.4) is 0 Å². The Balaban J connectivity index is 3.88. The van der Waals surface area contributed by atoms with E-state index >= 15 is 0 Å². The molecule has 0 amide bonds. The highest BCUT2D eigenvalue weighted by Gasteiger charge is 2.17. The van der Waals surface area contributed by atoms with Crippen LogP contribution in [-0.2, 0) is 0 Å². The van der Waals surface area contributed by atoms with Gasteiger partial charge in [-0.2, -0.15) is 0 Å². The summed E-state index contributed by atoms with van der Waals surface area (Å²) in [5.41, 5.74) is 0.426. The highest BCUT2D eigenvalue weighted by atomic mass is 127. The van der Waals surface area contributed by atoms with Gasteiger partial charge in [-0.1, -0.05) is 43.4 Å². The molecule has 1 nitrogen and oxygen atoms in total. The van der Waals surface area contributed by atoms with E-state index in [0.29, 0.717) is 11.5 Å². The molecule has 0 saturated heterocycles. The zero-order valence-electron chi connectivity index (χ0n) is 8.32. The summed E-state index contributed by atoms with van der Waals surface area (Å²) in [6.07, 6.45) is 0. The van der Waals surface area contributed by atoms with E-state index in [1.807, 2.05) is 0 Å². The Morgan fingerprint density at radius 3 is 1.82 bits per heavy atom. The summed E-state index contributed by atoms with van der Waals surface area (Å²) in [6, 6.07) is 0.672. The van der Waals surface area contributed by atoms with Crippen molar-refractivity contribution in [3.63, 3.8) is 0 Å². The van der Waals surface area contributed by atoms with Crippen LogP contribution in [0.1, 0.15) is 34.6 Å².